The lowest BCUT2D eigenvalue weighted by Crippen LogP contribution is -2.45. The molecule has 0 unspecified atom stereocenters. The van der Waals surface area contributed by atoms with Crippen molar-refractivity contribution in [2.45, 2.75) is 26.3 Å². The lowest BCUT2D eigenvalue weighted by molar-refractivity contribution is -0.128. The maximum absolute atomic E-state index is 13.5. The minimum absolute atomic E-state index is 0.00462. The van der Waals surface area contributed by atoms with Crippen LogP contribution in [-0.2, 0) is 16.0 Å². The van der Waals surface area contributed by atoms with Gasteiger partial charge in [0.15, 0.2) is 11.6 Å². The predicted octanol–water partition coefficient (Wildman–Crippen LogP) is 1.02. The molecule has 1 aromatic carbocycles. The molecule has 0 heterocycles. The average molecular weight is 282 g/mol. The van der Waals surface area contributed by atoms with Crippen molar-refractivity contribution in [1.82, 2.24) is 10.6 Å². The first-order valence-corrected chi connectivity index (χ1v) is 6.37. The molecule has 0 bridgehead atoms. The molecule has 20 heavy (non-hydrogen) atoms. The van der Waals surface area contributed by atoms with Gasteiger partial charge in [-0.15, -0.1) is 0 Å². The normalized spacial score (nSPS) is 11.6. The van der Waals surface area contributed by atoms with E-state index in [9.17, 15) is 14.0 Å². The summed E-state index contributed by atoms with van der Waals surface area (Å²) in [5.74, 6) is -0.977. The van der Waals surface area contributed by atoms with Gasteiger partial charge in [-0.1, -0.05) is 6.07 Å². The van der Waals surface area contributed by atoms with Crippen LogP contribution in [0.25, 0.3) is 0 Å². The zero-order valence-corrected chi connectivity index (χ0v) is 11.8. The maximum Gasteiger partial charge on any atom is 0.242 e. The molecule has 0 saturated heterocycles. The highest BCUT2D eigenvalue weighted by molar-refractivity contribution is 5.88. The first-order valence-electron chi connectivity index (χ1n) is 6.37. The van der Waals surface area contributed by atoms with Gasteiger partial charge in [0, 0.05) is 6.54 Å². The smallest absolute Gasteiger partial charge is 0.242 e. The van der Waals surface area contributed by atoms with E-state index in [1.165, 1.54) is 19.2 Å². The highest BCUT2D eigenvalue weighted by Gasteiger charge is 2.15. The summed E-state index contributed by atoms with van der Waals surface area (Å²) in [4.78, 5) is 23.2. The fourth-order valence-electron chi connectivity index (χ4n) is 1.69. The predicted molar refractivity (Wildman–Crippen MR) is 72.9 cm³/mol. The molecule has 1 atom stereocenters. The number of nitrogens with one attached hydrogen (secondary N) is 2. The number of carbonyl (C=O) groups is 2. The van der Waals surface area contributed by atoms with Crippen molar-refractivity contribution in [3.05, 3.63) is 29.6 Å². The first-order chi connectivity index (χ1) is 9.47. The quantitative estimate of drug-likeness (QED) is 0.818. The van der Waals surface area contributed by atoms with Gasteiger partial charge in [-0.2, -0.15) is 0 Å². The number of halogens is 1. The highest BCUT2D eigenvalue weighted by atomic mass is 19.1. The van der Waals surface area contributed by atoms with E-state index in [0.29, 0.717) is 12.1 Å². The van der Waals surface area contributed by atoms with Gasteiger partial charge in [0.25, 0.3) is 0 Å². The average Bonchev–Trinajstić information content (AvgIpc) is 2.39. The summed E-state index contributed by atoms with van der Waals surface area (Å²) in [6.07, 6.45) is 0.00462. The van der Waals surface area contributed by atoms with Crippen LogP contribution in [0, 0.1) is 5.82 Å². The lowest BCUT2D eigenvalue weighted by atomic mass is 10.1. The van der Waals surface area contributed by atoms with Crippen molar-refractivity contribution < 1.29 is 18.7 Å². The Morgan fingerprint density at radius 2 is 2.10 bits per heavy atom. The number of hydrogen-bond acceptors (Lipinski definition) is 3. The zero-order chi connectivity index (χ0) is 15.1. The van der Waals surface area contributed by atoms with Crippen LogP contribution < -0.4 is 15.4 Å². The molecular weight excluding hydrogens is 263 g/mol. The van der Waals surface area contributed by atoms with E-state index in [1.54, 1.807) is 19.9 Å². The van der Waals surface area contributed by atoms with Crippen LogP contribution in [-0.4, -0.2) is 31.5 Å². The molecular formula is C14H19FN2O3. The second-order valence-corrected chi connectivity index (χ2v) is 4.33. The van der Waals surface area contributed by atoms with E-state index in [1.807, 2.05) is 0 Å². The van der Waals surface area contributed by atoms with E-state index in [-0.39, 0.29) is 24.0 Å². The van der Waals surface area contributed by atoms with Crippen molar-refractivity contribution in [2.75, 3.05) is 13.7 Å². The molecule has 1 rings (SSSR count). The number of hydrogen-bond donors (Lipinski definition) is 2. The highest BCUT2D eigenvalue weighted by Crippen LogP contribution is 2.17. The summed E-state index contributed by atoms with van der Waals surface area (Å²) in [5, 5.41) is 5.16. The number of likely N-dealkylation sites (N-methyl/N-ethyl adjacent to an activating group) is 1. The molecule has 1 aromatic rings. The van der Waals surface area contributed by atoms with Crippen molar-refractivity contribution in [2.24, 2.45) is 0 Å². The Hall–Kier alpha value is -2.11. The van der Waals surface area contributed by atoms with E-state index in [2.05, 4.69) is 10.6 Å². The maximum atomic E-state index is 13.5. The van der Waals surface area contributed by atoms with Crippen molar-refractivity contribution in [1.29, 1.82) is 0 Å². The molecule has 0 aliphatic heterocycles. The minimum Gasteiger partial charge on any atom is -0.494 e. The van der Waals surface area contributed by atoms with Crippen LogP contribution in [0.15, 0.2) is 18.2 Å². The molecule has 0 saturated carbocycles. The molecule has 2 N–H and O–H groups in total. The van der Waals surface area contributed by atoms with Crippen LogP contribution in [0.5, 0.6) is 5.75 Å². The van der Waals surface area contributed by atoms with Crippen LogP contribution in [0.1, 0.15) is 19.4 Å². The van der Waals surface area contributed by atoms with Crippen molar-refractivity contribution >= 4 is 11.8 Å². The number of amides is 2. The van der Waals surface area contributed by atoms with E-state index in [4.69, 9.17) is 4.74 Å². The van der Waals surface area contributed by atoms with Crippen LogP contribution in [0.2, 0.25) is 0 Å². The molecule has 110 valence electrons. The van der Waals surface area contributed by atoms with E-state index >= 15 is 0 Å². The summed E-state index contributed by atoms with van der Waals surface area (Å²) < 4.78 is 18.3. The third-order valence-electron chi connectivity index (χ3n) is 2.70. The third kappa shape index (κ3) is 4.53. The molecule has 0 fully saturated rings. The summed E-state index contributed by atoms with van der Waals surface area (Å²) in [6, 6.07) is 3.70. The van der Waals surface area contributed by atoms with Crippen LogP contribution in [0.4, 0.5) is 4.39 Å². The molecule has 2 amide bonds. The molecule has 0 radical (unpaired) electrons. The third-order valence-corrected chi connectivity index (χ3v) is 2.70. The Kier molecular flexibility index (Phi) is 5.96. The van der Waals surface area contributed by atoms with Gasteiger partial charge in [0.2, 0.25) is 11.8 Å². The van der Waals surface area contributed by atoms with Gasteiger partial charge in [-0.05, 0) is 31.5 Å². The fraction of sp³-hybridized carbons (Fsp3) is 0.429. The number of benzene rings is 1. The SMILES string of the molecule is CCNC(=O)[C@H](C)NC(=O)Cc1ccc(OC)c(F)c1. The Labute approximate surface area is 117 Å². The lowest BCUT2D eigenvalue weighted by Gasteiger charge is -2.13. The summed E-state index contributed by atoms with van der Waals surface area (Å²) in [6.45, 7) is 3.90. The molecule has 0 aromatic heterocycles. The van der Waals surface area contributed by atoms with Crippen molar-refractivity contribution in [3.63, 3.8) is 0 Å². The molecule has 5 nitrogen and oxygen atoms in total. The molecule has 0 aliphatic rings. The van der Waals surface area contributed by atoms with Gasteiger partial charge in [-0.3, -0.25) is 9.59 Å². The summed E-state index contributed by atoms with van der Waals surface area (Å²) >= 11 is 0. The first kappa shape index (κ1) is 15.9. The Bertz CT molecular complexity index is 491. The van der Waals surface area contributed by atoms with E-state index in [0.717, 1.165) is 0 Å². The van der Waals surface area contributed by atoms with Gasteiger partial charge in [-0.25, -0.2) is 4.39 Å². The van der Waals surface area contributed by atoms with Crippen molar-refractivity contribution in [3.8, 4) is 5.75 Å². The topological polar surface area (TPSA) is 67.4 Å². The van der Waals surface area contributed by atoms with Gasteiger partial charge >= 0.3 is 0 Å². The zero-order valence-electron chi connectivity index (χ0n) is 11.8. The minimum atomic E-state index is -0.620. The Morgan fingerprint density at radius 1 is 1.40 bits per heavy atom. The second-order valence-electron chi connectivity index (χ2n) is 4.33. The molecule has 0 spiro atoms. The Balaban J connectivity index is 2.58. The Morgan fingerprint density at radius 3 is 2.65 bits per heavy atom. The number of ether oxygens (including phenoxy) is 1. The number of methoxy groups -OCH3 is 1. The van der Waals surface area contributed by atoms with E-state index < -0.39 is 11.9 Å². The summed E-state index contributed by atoms with van der Waals surface area (Å²) in [7, 11) is 1.37. The van der Waals surface area contributed by atoms with Gasteiger partial charge in [0.05, 0.1) is 13.5 Å². The monoisotopic (exact) mass is 282 g/mol. The molecule has 6 heteroatoms. The second kappa shape index (κ2) is 7.47. The van der Waals surface area contributed by atoms with Crippen LogP contribution >= 0.6 is 0 Å². The number of carbonyl (C=O) groups excluding carboxylic acids is 2. The van der Waals surface area contributed by atoms with Gasteiger partial charge in [0.1, 0.15) is 6.04 Å². The number of rotatable bonds is 6. The van der Waals surface area contributed by atoms with Crippen LogP contribution in [0.3, 0.4) is 0 Å². The summed E-state index contributed by atoms with van der Waals surface area (Å²) in [5.41, 5.74) is 0.517. The van der Waals surface area contributed by atoms with Gasteiger partial charge < -0.3 is 15.4 Å². The molecule has 0 aliphatic carbocycles. The standard InChI is InChI=1S/C14H19FN2O3/c1-4-16-14(19)9(2)17-13(18)8-10-5-6-12(20-3)11(15)7-10/h5-7,9H,4,8H2,1-3H3,(H,16,19)(H,17,18)/t9-/m0/s1. The largest absolute Gasteiger partial charge is 0.494 e. The fourth-order valence-corrected chi connectivity index (χ4v) is 1.69.